The van der Waals surface area contributed by atoms with Crippen LogP contribution in [-0.4, -0.2) is 17.3 Å². The maximum Gasteiger partial charge on any atom is 0.107 e. The summed E-state index contributed by atoms with van der Waals surface area (Å²) in [6.07, 6.45) is 4.15. The van der Waals surface area contributed by atoms with Crippen molar-refractivity contribution in [1.29, 1.82) is 5.26 Å². The van der Waals surface area contributed by atoms with Crippen molar-refractivity contribution < 1.29 is 0 Å². The highest BCUT2D eigenvalue weighted by Gasteiger charge is 2.39. The van der Waals surface area contributed by atoms with Crippen LogP contribution >= 0.6 is 11.8 Å². The molecule has 0 aromatic heterocycles. The van der Waals surface area contributed by atoms with Crippen molar-refractivity contribution in [3.8, 4) is 6.07 Å². The highest BCUT2D eigenvalue weighted by atomic mass is 32.2. The topological polar surface area (TPSA) is 35.8 Å². The van der Waals surface area contributed by atoms with E-state index in [1.54, 1.807) is 0 Å². The van der Waals surface area contributed by atoms with Crippen molar-refractivity contribution in [2.75, 3.05) is 6.54 Å². The number of nitrogens with zero attached hydrogens (tertiary/aromatic N) is 1. The average Bonchev–Trinajstić information content (AvgIpc) is 2.82. The minimum Gasteiger partial charge on any atom is -0.299 e. The SMILES string of the molecule is CCCNC1(C#N)CCC(Sc2ccccc2)C1. The van der Waals surface area contributed by atoms with E-state index in [9.17, 15) is 5.26 Å². The largest absolute Gasteiger partial charge is 0.299 e. The second-order valence-corrected chi connectivity index (χ2v) is 6.29. The van der Waals surface area contributed by atoms with E-state index in [0.717, 1.165) is 32.2 Å². The zero-order valence-electron chi connectivity index (χ0n) is 10.9. The van der Waals surface area contributed by atoms with E-state index in [-0.39, 0.29) is 5.54 Å². The molecule has 1 saturated carbocycles. The van der Waals surface area contributed by atoms with Gasteiger partial charge in [-0.25, -0.2) is 0 Å². The van der Waals surface area contributed by atoms with Gasteiger partial charge < -0.3 is 0 Å². The molecule has 0 bridgehead atoms. The summed E-state index contributed by atoms with van der Waals surface area (Å²) in [4.78, 5) is 1.31. The van der Waals surface area contributed by atoms with Gasteiger partial charge in [-0.1, -0.05) is 25.1 Å². The maximum atomic E-state index is 9.41. The smallest absolute Gasteiger partial charge is 0.107 e. The van der Waals surface area contributed by atoms with Crippen LogP contribution in [0.25, 0.3) is 0 Å². The lowest BCUT2D eigenvalue weighted by Crippen LogP contribution is -2.42. The second kappa shape index (κ2) is 6.26. The third-order valence-electron chi connectivity index (χ3n) is 3.44. The Hall–Kier alpha value is -0.980. The zero-order chi connectivity index (χ0) is 12.8. The number of thioether (sulfide) groups is 1. The van der Waals surface area contributed by atoms with Crippen LogP contribution in [0.5, 0.6) is 0 Å². The first-order valence-corrected chi connectivity index (χ1v) is 7.54. The molecule has 0 radical (unpaired) electrons. The molecule has 96 valence electrons. The summed E-state index contributed by atoms with van der Waals surface area (Å²) >= 11 is 1.91. The third kappa shape index (κ3) is 3.28. The molecular formula is C15H20N2S. The number of nitriles is 1. The number of hydrogen-bond donors (Lipinski definition) is 1. The fourth-order valence-corrected chi connectivity index (χ4v) is 3.76. The fraction of sp³-hybridized carbons (Fsp3) is 0.533. The van der Waals surface area contributed by atoms with Crippen LogP contribution in [0.2, 0.25) is 0 Å². The number of hydrogen-bond acceptors (Lipinski definition) is 3. The normalized spacial score (nSPS) is 27.0. The van der Waals surface area contributed by atoms with E-state index in [1.165, 1.54) is 4.90 Å². The van der Waals surface area contributed by atoms with Crippen molar-refractivity contribution in [3.63, 3.8) is 0 Å². The van der Waals surface area contributed by atoms with Gasteiger partial charge in [0.1, 0.15) is 5.54 Å². The first-order chi connectivity index (χ1) is 8.78. The van der Waals surface area contributed by atoms with Gasteiger partial charge in [0, 0.05) is 10.1 Å². The molecule has 0 heterocycles. The summed E-state index contributed by atoms with van der Waals surface area (Å²) in [5, 5.41) is 13.4. The molecule has 1 aromatic carbocycles. The lowest BCUT2D eigenvalue weighted by Gasteiger charge is -2.22. The summed E-state index contributed by atoms with van der Waals surface area (Å²) in [5.41, 5.74) is -0.275. The molecule has 2 nitrogen and oxygen atoms in total. The third-order valence-corrected chi connectivity index (χ3v) is 4.72. The molecule has 1 aliphatic rings. The van der Waals surface area contributed by atoms with Crippen molar-refractivity contribution >= 4 is 11.8 Å². The van der Waals surface area contributed by atoms with Crippen LogP contribution in [0.4, 0.5) is 0 Å². The molecule has 0 saturated heterocycles. The quantitative estimate of drug-likeness (QED) is 0.878. The van der Waals surface area contributed by atoms with E-state index < -0.39 is 0 Å². The van der Waals surface area contributed by atoms with Crippen LogP contribution in [-0.2, 0) is 0 Å². The molecule has 1 aliphatic carbocycles. The highest BCUT2D eigenvalue weighted by molar-refractivity contribution is 8.00. The zero-order valence-corrected chi connectivity index (χ0v) is 11.7. The van der Waals surface area contributed by atoms with Crippen molar-refractivity contribution in [3.05, 3.63) is 30.3 Å². The fourth-order valence-electron chi connectivity index (χ4n) is 2.46. The molecule has 1 fully saturated rings. The Kier molecular flexibility index (Phi) is 4.68. The van der Waals surface area contributed by atoms with Crippen LogP contribution in [0.3, 0.4) is 0 Å². The molecule has 1 aromatic rings. The molecule has 2 unspecified atom stereocenters. The first kappa shape index (κ1) is 13.5. The van der Waals surface area contributed by atoms with Crippen molar-refractivity contribution in [2.24, 2.45) is 0 Å². The van der Waals surface area contributed by atoms with E-state index in [4.69, 9.17) is 0 Å². The Bertz CT molecular complexity index is 412. The minimum atomic E-state index is -0.275. The number of benzene rings is 1. The Morgan fingerprint density at radius 3 is 2.89 bits per heavy atom. The van der Waals surface area contributed by atoms with Crippen molar-refractivity contribution in [1.82, 2.24) is 5.32 Å². The molecule has 3 heteroatoms. The van der Waals surface area contributed by atoms with Gasteiger partial charge in [0.2, 0.25) is 0 Å². The lowest BCUT2D eigenvalue weighted by molar-refractivity contribution is 0.424. The average molecular weight is 260 g/mol. The molecule has 0 amide bonds. The van der Waals surface area contributed by atoms with Gasteiger partial charge in [-0.2, -0.15) is 5.26 Å². The van der Waals surface area contributed by atoms with Gasteiger partial charge in [0.25, 0.3) is 0 Å². The standard InChI is InChI=1S/C15H20N2S/c1-2-10-17-15(12-16)9-8-14(11-15)18-13-6-4-3-5-7-13/h3-7,14,17H,2,8-11H2,1H3. The molecule has 18 heavy (non-hydrogen) atoms. The first-order valence-electron chi connectivity index (χ1n) is 6.66. The van der Waals surface area contributed by atoms with E-state index >= 15 is 0 Å². The lowest BCUT2D eigenvalue weighted by atomic mass is 10.00. The summed E-state index contributed by atoms with van der Waals surface area (Å²) in [6, 6.07) is 13.0. The van der Waals surface area contributed by atoms with Gasteiger partial charge in [-0.3, -0.25) is 5.32 Å². The predicted octanol–water partition coefficient (Wildman–Crippen LogP) is 3.59. The molecule has 2 atom stereocenters. The van der Waals surface area contributed by atoms with Crippen LogP contribution < -0.4 is 5.32 Å². The molecule has 2 rings (SSSR count). The summed E-state index contributed by atoms with van der Waals surface area (Å²) in [5.74, 6) is 0. The van der Waals surface area contributed by atoms with Gasteiger partial charge in [-0.05, 0) is 44.4 Å². The van der Waals surface area contributed by atoms with Gasteiger partial charge in [-0.15, -0.1) is 11.8 Å². The molecule has 0 spiro atoms. The van der Waals surface area contributed by atoms with Crippen molar-refractivity contribution in [2.45, 2.75) is 48.3 Å². The van der Waals surface area contributed by atoms with E-state index in [0.29, 0.717) is 5.25 Å². The minimum absolute atomic E-state index is 0.275. The molecule has 0 aliphatic heterocycles. The van der Waals surface area contributed by atoms with Gasteiger partial charge >= 0.3 is 0 Å². The maximum absolute atomic E-state index is 9.41. The monoisotopic (exact) mass is 260 g/mol. The molecular weight excluding hydrogens is 240 g/mol. The Labute approximate surface area is 114 Å². The number of rotatable bonds is 5. The van der Waals surface area contributed by atoms with E-state index in [1.807, 2.05) is 17.8 Å². The number of nitrogens with one attached hydrogen (secondary N) is 1. The Morgan fingerprint density at radius 2 is 2.22 bits per heavy atom. The highest BCUT2D eigenvalue weighted by Crippen LogP contribution is 2.39. The van der Waals surface area contributed by atoms with Gasteiger partial charge in [0.15, 0.2) is 0 Å². The summed E-state index contributed by atoms with van der Waals surface area (Å²) in [6.45, 7) is 3.08. The summed E-state index contributed by atoms with van der Waals surface area (Å²) in [7, 11) is 0. The van der Waals surface area contributed by atoms with E-state index in [2.05, 4.69) is 42.6 Å². The summed E-state index contributed by atoms with van der Waals surface area (Å²) < 4.78 is 0. The molecule has 1 N–H and O–H groups in total. The Balaban J connectivity index is 1.93. The predicted molar refractivity (Wildman–Crippen MR) is 76.6 cm³/mol. The van der Waals surface area contributed by atoms with Crippen LogP contribution in [0.15, 0.2) is 35.2 Å². The Morgan fingerprint density at radius 1 is 1.44 bits per heavy atom. The van der Waals surface area contributed by atoms with Crippen LogP contribution in [0, 0.1) is 11.3 Å². The van der Waals surface area contributed by atoms with Gasteiger partial charge in [0.05, 0.1) is 6.07 Å². The second-order valence-electron chi connectivity index (χ2n) is 4.92. The van der Waals surface area contributed by atoms with Crippen LogP contribution in [0.1, 0.15) is 32.6 Å².